The lowest BCUT2D eigenvalue weighted by atomic mass is 10.2. The minimum Gasteiger partial charge on any atom is -0.494 e. The number of benzene rings is 1. The van der Waals surface area contributed by atoms with E-state index in [1.54, 1.807) is 24.3 Å². The Balaban J connectivity index is 2.80. The molecule has 0 radical (unpaired) electrons. The van der Waals surface area contributed by atoms with Crippen molar-refractivity contribution in [3.05, 3.63) is 24.3 Å². The molecule has 0 atom stereocenters. The molecular formula is C10H8N2O2. The van der Waals surface area contributed by atoms with Crippen molar-refractivity contribution >= 4 is 10.8 Å². The van der Waals surface area contributed by atoms with E-state index in [4.69, 9.17) is 5.26 Å². The number of aromatic nitrogens is 1. The molecule has 1 aromatic carbocycles. The van der Waals surface area contributed by atoms with Crippen LogP contribution < -0.4 is 0 Å². The topological polar surface area (TPSA) is 69.2 Å². The molecule has 0 unspecified atom stereocenters. The molecule has 2 rings (SSSR count). The number of aromatic hydroxyl groups is 2. The van der Waals surface area contributed by atoms with Crippen LogP contribution >= 0.6 is 0 Å². The van der Waals surface area contributed by atoms with Crippen LogP contribution in [0.1, 0.15) is 0 Å². The summed E-state index contributed by atoms with van der Waals surface area (Å²) in [5.74, 6) is -0.140. The van der Waals surface area contributed by atoms with E-state index in [-0.39, 0.29) is 18.3 Å². The maximum Gasteiger partial charge on any atom is 0.202 e. The molecule has 0 fully saturated rings. The first kappa shape index (κ1) is 8.45. The van der Waals surface area contributed by atoms with Crippen LogP contribution in [-0.4, -0.2) is 14.8 Å². The van der Waals surface area contributed by atoms with E-state index in [1.165, 1.54) is 4.57 Å². The molecule has 0 saturated heterocycles. The van der Waals surface area contributed by atoms with E-state index < -0.39 is 0 Å². The molecule has 0 amide bonds. The third kappa shape index (κ3) is 0.995. The Bertz CT molecular complexity index is 484. The monoisotopic (exact) mass is 188 g/mol. The highest BCUT2D eigenvalue weighted by molar-refractivity contribution is 5.92. The lowest BCUT2D eigenvalue weighted by Crippen LogP contribution is -1.92. The van der Waals surface area contributed by atoms with Crippen LogP contribution in [0, 0.1) is 11.3 Å². The first-order chi connectivity index (χ1) is 6.75. The van der Waals surface area contributed by atoms with Crippen LogP contribution in [-0.2, 0) is 6.54 Å². The maximum atomic E-state index is 9.65. The fraction of sp³-hybridized carbons (Fsp3) is 0.100. The van der Waals surface area contributed by atoms with E-state index in [0.29, 0.717) is 10.8 Å². The molecule has 0 aliphatic rings. The van der Waals surface area contributed by atoms with Crippen molar-refractivity contribution in [1.82, 2.24) is 4.57 Å². The van der Waals surface area contributed by atoms with E-state index >= 15 is 0 Å². The fourth-order valence-corrected chi connectivity index (χ4v) is 1.48. The molecule has 4 heteroatoms. The van der Waals surface area contributed by atoms with Gasteiger partial charge in [-0.25, -0.2) is 0 Å². The summed E-state index contributed by atoms with van der Waals surface area (Å²) in [6.07, 6.45) is 0. The number of rotatable bonds is 1. The van der Waals surface area contributed by atoms with Crippen molar-refractivity contribution in [1.29, 1.82) is 5.26 Å². The Morgan fingerprint density at radius 2 is 1.64 bits per heavy atom. The van der Waals surface area contributed by atoms with Crippen LogP contribution in [0.25, 0.3) is 10.8 Å². The molecule has 1 heterocycles. The summed E-state index contributed by atoms with van der Waals surface area (Å²) in [5.41, 5.74) is 0. The predicted octanol–water partition coefficient (Wildman–Crippen LogP) is 1.58. The third-order valence-electron chi connectivity index (χ3n) is 2.15. The van der Waals surface area contributed by atoms with Gasteiger partial charge in [0.15, 0.2) is 0 Å². The van der Waals surface area contributed by atoms with Crippen molar-refractivity contribution in [3.8, 4) is 17.8 Å². The highest BCUT2D eigenvalue weighted by Gasteiger charge is 2.13. The quantitative estimate of drug-likeness (QED) is 0.713. The number of nitrogens with zero attached hydrogens (tertiary/aromatic N) is 2. The Labute approximate surface area is 80.2 Å². The smallest absolute Gasteiger partial charge is 0.202 e. The van der Waals surface area contributed by atoms with Crippen molar-refractivity contribution in [3.63, 3.8) is 0 Å². The van der Waals surface area contributed by atoms with E-state index in [9.17, 15) is 10.2 Å². The number of fused-ring (bicyclic) bond motifs is 1. The van der Waals surface area contributed by atoms with Gasteiger partial charge >= 0.3 is 0 Å². The summed E-state index contributed by atoms with van der Waals surface area (Å²) < 4.78 is 1.17. The highest BCUT2D eigenvalue weighted by atomic mass is 16.3. The summed E-state index contributed by atoms with van der Waals surface area (Å²) in [7, 11) is 0. The molecule has 0 bridgehead atoms. The van der Waals surface area contributed by atoms with Gasteiger partial charge in [-0.2, -0.15) is 5.26 Å². The first-order valence-electron chi connectivity index (χ1n) is 4.12. The summed E-state index contributed by atoms with van der Waals surface area (Å²) in [6.45, 7) is -0.0631. The Morgan fingerprint density at radius 3 is 2.07 bits per heavy atom. The molecule has 70 valence electrons. The van der Waals surface area contributed by atoms with E-state index in [0.717, 1.165) is 0 Å². The minimum atomic E-state index is -0.0698. The molecule has 0 aliphatic heterocycles. The molecule has 4 nitrogen and oxygen atoms in total. The van der Waals surface area contributed by atoms with Gasteiger partial charge in [0.1, 0.15) is 6.54 Å². The van der Waals surface area contributed by atoms with Gasteiger partial charge in [0, 0.05) is 10.8 Å². The molecule has 0 spiro atoms. The van der Waals surface area contributed by atoms with Gasteiger partial charge in [-0.1, -0.05) is 12.1 Å². The largest absolute Gasteiger partial charge is 0.494 e. The second kappa shape index (κ2) is 2.96. The average molecular weight is 188 g/mol. The molecule has 0 saturated carbocycles. The fourth-order valence-electron chi connectivity index (χ4n) is 1.48. The molecule has 2 N–H and O–H groups in total. The number of hydrogen-bond acceptors (Lipinski definition) is 3. The summed E-state index contributed by atoms with van der Waals surface area (Å²) >= 11 is 0. The van der Waals surface area contributed by atoms with Gasteiger partial charge in [0.2, 0.25) is 11.8 Å². The zero-order valence-electron chi connectivity index (χ0n) is 7.31. The molecular weight excluding hydrogens is 180 g/mol. The number of hydrogen-bond donors (Lipinski definition) is 2. The van der Waals surface area contributed by atoms with Crippen molar-refractivity contribution in [2.24, 2.45) is 0 Å². The highest BCUT2D eigenvalue weighted by Crippen LogP contribution is 2.35. The van der Waals surface area contributed by atoms with Gasteiger partial charge in [-0.3, -0.25) is 4.57 Å². The SMILES string of the molecule is N#CCn1c(O)c2ccccc2c1O. The number of nitriles is 1. The van der Waals surface area contributed by atoms with Crippen molar-refractivity contribution in [2.75, 3.05) is 0 Å². The second-order valence-corrected chi connectivity index (χ2v) is 2.94. The second-order valence-electron chi connectivity index (χ2n) is 2.94. The van der Waals surface area contributed by atoms with Gasteiger partial charge in [-0.15, -0.1) is 0 Å². The molecule has 2 aromatic rings. The van der Waals surface area contributed by atoms with Crippen molar-refractivity contribution in [2.45, 2.75) is 6.54 Å². The van der Waals surface area contributed by atoms with Gasteiger partial charge in [-0.05, 0) is 12.1 Å². The van der Waals surface area contributed by atoms with E-state index in [2.05, 4.69) is 0 Å². The molecule has 0 aliphatic carbocycles. The average Bonchev–Trinajstić information content (AvgIpc) is 2.45. The lowest BCUT2D eigenvalue weighted by Gasteiger charge is -1.98. The van der Waals surface area contributed by atoms with E-state index in [1.807, 2.05) is 6.07 Å². The zero-order chi connectivity index (χ0) is 10.1. The normalized spacial score (nSPS) is 10.2. The zero-order valence-corrected chi connectivity index (χ0v) is 7.31. The summed E-state index contributed by atoms with van der Waals surface area (Å²) in [4.78, 5) is 0. The van der Waals surface area contributed by atoms with Gasteiger partial charge in [0.05, 0.1) is 6.07 Å². The Morgan fingerprint density at radius 1 is 1.14 bits per heavy atom. The van der Waals surface area contributed by atoms with Gasteiger partial charge < -0.3 is 10.2 Å². The van der Waals surface area contributed by atoms with Crippen LogP contribution in [0.15, 0.2) is 24.3 Å². The van der Waals surface area contributed by atoms with Crippen LogP contribution in [0.5, 0.6) is 11.8 Å². The maximum absolute atomic E-state index is 9.65. The molecule has 1 aromatic heterocycles. The van der Waals surface area contributed by atoms with Crippen LogP contribution in [0.4, 0.5) is 0 Å². The Hall–Kier alpha value is -2.15. The summed E-state index contributed by atoms with van der Waals surface area (Å²) in [6, 6.07) is 8.78. The Kier molecular flexibility index (Phi) is 1.79. The summed E-state index contributed by atoms with van der Waals surface area (Å²) in [5, 5.41) is 28.9. The van der Waals surface area contributed by atoms with Gasteiger partial charge in [0.25, 0.3) is 0 Å². The standard InChI is InChI=1S/C10H8N2O2/c11-5-6-12-9(13)7-3-1-2-4-8(7)10(12)14/h1-4,13-14H,6H2. The lowest BCUT2D eigenvalue weighted by molar-refractivity contribution is 0.384. The van der Waals surface area contributed by atoms with Crippen molar-refractivity contribution < 1.29 is 10.2 Å². The predicted molar refractivity (Wildman–Crippen MR) is 50.9 cm³/mol. The third-order valence-corrected chi connectivity index (χ3v) is 2.15. The van der Waals surface area contributed by atoms with Crippen LogP contribution in [0.2, 0.25) is 0 Å². The minimum absolute atomic E-state index is 0.0631. The first-order valence-corrected chi connectivity index (χ1v) is 4.12. The van der Waals surface area contributed by atoms with Crippen LogP contribution in [0.3, 0.4) is 0 Å². The molecule has 14 heavy (non-hydrogen) atoms.